The summed E-state index contributed by atoms with van der Waals surface area (Å²) in [6.07, 6.45) is 3.39. The number of benzene rings is 2. The number of rotatable bonds is 8. The molecule has 9 nitrogen and oxygen atoms in total. The summed E-state index contributed by atoms with van der Waals surface area (Å²) in [7, 11) is 4.68. The summed E-state index contributed by atoms with van der Waals surface area (Å²) in [6.45, 7) is 4.20. The van der Waals surface area contributed by atoms with Gasteiger partial charge in [-0.25, -0.2) is 4.68 Å². The van der Waals surface area contributed by atoms with Gasteiger partial charge in [-0.15, -0.1) is 17.9 Å². The van der Waals surface area contributed by atoms with Gasteiger partial charge < -0.3 is 24.3 Å². The molecule has 34 heavy (non-hydrogen) atoms. The molecule has 1 amide bonds. The van der Waals surface area contributed by atoms with Crippen LogP contribution in [0.5, 0.6) is 23.0 Å². The van der Waals surface area contributed by atoms with E-state index in [4.69, 9.17) is 24.0 Å². The number of thiazole rings is 1. The second-order valence-electron chi connectivity index (χ2n) is 7.06. The van der Waals surface area contributed by atoms with Crippen LogP contribution in [-0.2, 0) is 4.79 Å². The second-order valence-corrected chi connectivity index (χ2v) is 7.90. The van der Waals surface area contributed by atoms with Gasteiger partial charge in [-0.05, 0) is 30.3 Å². The van der Waals surface area contributed by atoms with Crippen LogP contribution in [0.3, 0.4) is 0 Å². The average molecular weight is 481 g/mol. The lowest BCUT2D eigenvalue weighted by Crippen LogP contribution is -2.25. The van der Waals surface area contributed by atoms with Crippen molar-refractivity contribution in [1.82, 2.24) is 4.68 Å². The van der Waals surface area contributed by atoms with Crippen LogP contribution in [0.1, 0.15) is 5.56 Å². The fraction of sp³-hybridized carbons (Fsp3) is 0.208. The summed E-state index contributed by atoms with van der Waals surface area (Å²) in [5.74, 6) is 1.97. The van der Waals surface area contributed by atoms with Crippen molar-refractivity contribution < 1.29 is 23.7 Å². The van der Waals surface area contributed by atoms with Crippen LogP contribution in [0.25, 0.3) is 11.3 Å². The maximum absolute atomic E-state index is 11.8. The first-order valence-electron chi connectivity index (χ1n) is 10.3. The lowest BCUT2D eigenvalue weighted by Gasteiger charge is -2.18. The lowest BCUT2D eigenvalue weighted by atomic mass is 10.1. The van der Waals surface area contributed by atoms with Crippen LogP contribution >= 0.6 is 11.3 Å². The van der Waals surface area contributed by atoms with E-state index in [9.17, 15) is 4.79 Å². The molecular formula is C24H24N4O5S. The first-order chi connectivity index (χ1) is 16.6. The van der Waals surface area contributed by atoms with Crippen molar-refractivity contribution in [2.24, 2.45) is 10.1 Å². The zero-order chi connectivity index (χ0) is 24.1. The number of amides is 1. The van der Waals surface area contributed by atoms with Gasteiger partial charge in [0.05, 0.1) is 45.5 Å². The number of hydrogen-bond acceptors (Lipinski definition) is 8. The van der Waals surface area contributed by atoms with Gasteiger partial charge in [0.15, 0.2) is 18.1 Å². The van der Waals surface area contributed by atoms with E-state index in [0.29, 0.717) is 45.6 Å². The summed E-state index contributed by atoms with van der Waals surface area (Å²) in [5.41, 5.74) is 2.95. The topological polar surface area (TPSA) is 95.7 Å². The molecule has 0 saturated carbocycles. The molecule has 10 heteroatoms. The Morgan fingerprint density at radius 3 is 2.74 bits per heavy atom. The second kappa shape index (κ2) is 10.3. The quantitative estimate of drug-likeness (QED) is 0.393. The normalized spacial score (nSPS) is 13.3. The predicted octanol–water partition coefficient (Wildman–Crippen LogP) is 3.54. The number of methoxy groups -OCH3 is 3. The predicted molar refractivity (Wildman–Crippen MR) is 132 cm³/mol. The van der Waals surface area contributed by atoms with Crippen LogP contribution < -0.4 is 29.1 Å². The van der Waals surface area contributed by atoms with Gasteiger partial charge in [0.1, 0.15) is 5.75 Å². The van der Waals surface area contributed by atoms with E-state index in [-0.39, 0.29) is 12.5 Å². The van der Waals surface area contributed by atoms with Crippen LogP contribution in [0.4, 0.5) is 5.69 Å². The molecule has 0 spiro atoms. The molecule has 0 aliphatic carbocycles. The monoisotopic (exact) mass is 480 g/mol. The van der Waals surface area contributed by atoms with Gasteiger partial charge in [0.25, 0.3) is 5.91 Å². The van der Waals surface area contributed by atoms with E-state index >= 15 is 0 Å². The number of fused-ring (bicyclic) bond motifs is 1. The number of nitrogens with one attached hydrogen (secondary N) is 1. The molecule has 4 rings (SSSR count). The summed E-state index contributed by atoms with van der Waals surface area (Å²) >= 11 is 1.45. The smallest absolute Gasteiger partial charge is 0.262 e. The van der Waals surface area contributed by atoms with E-state index in [1.54, 1.807) is 44.4 Å². The SMILES string of the molecule is C=CCN=c1scc(-c2ccc3c(c2)NC(=O)CO3)n1N=Cc1ccc(OC)c(OC)c1OC. The number of carbonyl (C=O) groups excluding carboxylic acids is 1. The minimum Gasteiger partial charge on any atom is -0.493 e. The van der Waals surface area contributed by atoms with Crippen LogP contribution in [0.2, 0.25) is 0 Å². The summed E-state index contributed by atoms with van der Waals surface area (Å²) in [6, 6.07) is 9.22. The number of aromatic nitrogens is 1. The van der Waals surface area contributed by atoms with Gasteiger partial charge >= 0.3 is 0 Å². The molecule has 1 aliphatic heterocycles. The molecule has 2 aromatic carbocycles. The maximum atomic E-state index is 11.8. The van der Waals surface area contributed by atoms with E-state index in [1.165, 1.54) is 11.3 Å². The molecule has 0 atom stereocenters. The van der Waals surface area contributed by atoms with Crippen molar-refractivity contribution in [1.29, 1.82) is 0 Å². The van der Waals surface area contributed by atoms with Gasteiger partial charge in [-0.1, -0.05) is 6.08 Å². The highest BCUT2D eigenvalue weighted by Gasteiger charge is 2.18. The highest BCUT2D eigenvalue weighted by atomic mass is 32.1. The maximum Gasteiger partial charge on any atom is 0.262 e. The lowest BCUT2D eigenvalue weighted by molar-refractivity contribution is -0.118. The zero-order valence-electron chi connectivity index (χ0n) is 19.0. The Kier molecular flexibility index (Phi) is 6.98. The van der Waals surface area contributed by atoms with Crippen LogP contribution in [0, 0.1) is 0 Å². The molecule has 0 saturated heterocycles. The van der Waals surface area contributed by atoms with Crippen LogP contribution in [-0.4, -0.2) is 51.3 Å². The Balaban J connectivity index is 1.81. The van der Waals surface area contributed by atoms with Crippen molar-refractivity contribution in [3.8, 4) is 34.3 Å². The molecule has 3 aromatic rings. The van der Waals surface area contributed by atoms with Gasteiger partial charge in [0.2, 0.25) is 10.6 Å². The molecule has 2 heterocycles. The first-order valence-corrected chi connectivity index (χ1v) is 11.2. The third kappa shape index (κ3) is 4.53. The molecule has 0 bridgehead atoms. The Bertz CT molecular complexity index is 1330. The van der Waals surface area contributed by atoms with Gasteiger partial charge in [0, 0.05) is 16.5 Å². The fourth-order valence-corrected chi connectivity index (χ4v) is 4.30. The summed E-state index contributed by atoms with van der Waals surface area (Å²) < 4.78 is 23.6. The molecule has 1 aromatic heterocycles. The highest BCUT2D eigenvalue weighted by Crippen LogP contribution is 2.39. The molecule has 0 radical (unpaired) electrons. The number of nitrogens with zero attached hydrogens (tertiary/aromatic N) is 3. The summed E-state index contributed by atoms with van der Waals surface area (Å²) in [4.78, 5) is 17.0. The van der Waals surface area contributed by atoms with Gasteiger partial charge in [-0.2, -0.15) is 5.10 Å². The standard InChI is InChI=1S/C24H24N4O5S/c1-5-10-25-24-28(26-12-16-7-9-20(30-2)23(32-4)22(16)31-3)18(14-34-24)15-6-8-19-17(11-15)27-21(29)13-33-19/h5-9,11-12,14H,1,10,13H2,2-4H3,(H,27,29). The molecule has 0 fully saturated rings. The van der Waals surface area contributed by atoms with Crippen molar-refractivity contribution in [2.45, 2.75) is 0 Å². The number of ether oxygens (including phenoxy) is 4. The van der Waals surface area contributed by atoms with Crippen molar-refractivity contribution in [3.63, 3.8) is 0 Å². The van der Waals surface area contributed by atoms with Crippen molar-refractivity contribution in [3.05, 3.63) is 58.7 Å². The number of carbonyl (C=O) groups is 1. The Hall–Kier alpha value is -4.05. The largest absolute Gasteiger partial charge is 0.493 e. The minimum absolute atomic E-state index is 0.00677. The first kappa shape index (κ1) is 23.1. The Morgan fingerprint density at radius 2 is 2.00 bits per heavy atom. The Labute approximate surface area is 200 Å². The minimum atomic E-state index is -0.192. The zero-order valence-corrected chi connectivity index (χ0v) is 19.8. The molecule has 0 unspecified atom stereocenters. The number of hydrogen-bond donors (Lipinski definition) is 1. The number of anilines is 1. The average Bonchev–Trinajstić information content (AvgIpc) is 3.27. The molecule has 1 aliphatic rings. The highest BCUT2D eigenvalue weighted by molar-refractivity contribution is 7.07. The van der Waals surface area contributed by atoms with E-state index in [1.807, 2.05) is 29.6 Å². The molecule has 1 N–H and O–H groups in total. The van der Waals surface area contributed by atoms with Crippen molar-refractivity contribution in [2.75, 3.05) is 39.8 Å². The third-order valence-corrected chi connectivity index (χ3v) is 5.85. The summed E-state index contributed by atoms with van der Waals surface area (Å²) in [5, 5.41) is 9.51. The van der Waals surface area contributed by atoms with Gasteiger partial charge in [-0.3, -0.25) is 9.79 Å². The van der Waals surface area contributed by atoms with E-state index in [0.717, 1.165) is 11.3 Å². The van der Waals surface area contributed by atoms with Crippen LogP contribution in [0.15, 0.2) is 58.5 Å². The van der Waals surface area contributed by atoms with E-state index < -0.39 is 0 Å². The van der Waals surface area contributed by atoms with E-state index in [2.05, 4.69) is 16.9 Å². The van der Waals surface area contributed by atoms with Crippen molar-refractivity contribution >= 4 is 29.1 Å². The molecule has 176 valence electrons. The fourth-order valence-electron chi connectivity index (χ4n) is 3.45. The third-order valence-electron chi connectivity index (χ3n) is 5.00. The Morgan fingerprint density at radius 1 is 1.18 bits per heavy atom. The molecular weight excluding hydrogens is 456 g/mol.